The summed E-state index contributed by atoms with van der Waals surface area (Å²) in [4.78, 5) is 18.7. The minimum Gasteiger partial charge on any atom is -0.477 e. The molecule has 1 aromatic rings. The topological polar surface area (TPSA) is 84.3 Å². The van der Waals surface area contributed by atoms with Crippen LogP contribution >= 0.6 is 0 Å². The van der Waals surface area contributed by atoms with Gasteiger partial charge in [-0.15, -0.1) is 0 Å². The van der Waals surface area contributed by atoms with Gasteiger partial charge in [0.05, 0.1) is 0 Å². The van der Waals surface area contributed by atoms with E-state index in [-0.39, 0.29) is 11.0 Å². The van der Waals surface area contributed by atoms with Crippen LogP contribution in [0.2, 0.25) is 0 Å². The van der Waals surface area contributed by atoms with E-state index in [0.717, 1.165) is 26.1 Å². The highest BCUT2D eigenvalue weighted by Crippen LogP contribution is 2.30. The lowest BCUT2D eigenvalue weighted by molar-refractivity contribution is 0.0299. The van der Waals surface area contributed by atoms with E-state index in [0.29, 0.717) is 12.4 Å². The highest BCUT2D eigenvalue weighted by molar-refractivity contribution is 5.92. The fraction of sp³-hybridized carbons (Fsp3) is 0.583. The molecule has 0 unspecified atom stereocenters. The Labute approximate surface area is 105 Å². The number of carboxylic acid groups (broad SMARTS) is 1. The third-order valence-electron chi connectivity index (χ3n) is 3.33. The van der Waals surface area contributed by atoms with Crippen LogP contribution in [0.3, 0.4) is 0 Å². The van der Waals surface area contributed by atoms with Gasteiger partial charge in [0.25, 0.3) is 0 Å². The predicted molar refractivity (Wildman–Crippen MR) is 65.6 cm³/mol. The van der Waals surface area contributed by atoms with E-state index in [1.165, 1.54) is 12.5 Å². The first kappa shape index (κ1) is 12.8. The van der Waals surface area contributed by atoms with Crippen LogP contribution in [-0.2, 0) is 4.74 Å². The molecule has 0 radical (unpaired) electrons. The highest BCUT2D eigenvalue weighted by Gasteiger charge is 2.27. The van der Waals surface area contributed by atoms with E-state index >= 15 is 0 Å². The maximum absolute atomic E-state index is 11.0. The van der Waals surface area contributed by atoms with Gasteiger partial charge < -0.3 is 15.2 Å². The van der Waals surface area contributed by atoms with Crippen molar-refractivity contribution in [2.45, 2.75) is 19.8 Å². The smallest absolute Gasteiger partial charge is 0.341 e. The molecule has 0 aromatic carbocycles. The second-order valence-corrected chi connectivity index (χ2v) is 4.87. The Bertz CT molecular complexity index is 430. The van der Waals surface area contributed by atoms with Gasteiger partial charge in [-0.2, -0.15) is 0 Å². The summed E-state index contributed by atoms with van der Waals surface area (Å²) in [7, 11) is 0. The van der Waals surface area contributed by atoms with Crippen molar-refractivity contribution < 1.29 is 14.6 Å². The van der Waals surface area contributed by atoms with E-state index in [2.05, 4.69) is 22.2 Å². The molecule has 2 N–H and O–H groups in total. The SMILES string of the molecule is CC1(CNc2ncncc2C(=O)O)CCOCC1. The van der Waals surface area contributed by atoms with Gasteiger partial charge >= 0.3 is 5.97 Å². The van der Waals surface area contributed by atoms with Crippen LogP contribution in [0.15, 0.2) is 12.5 Å². The Morgan fingerprint density at radius 1 is 1.56 bits per heavy atom. The number of hydrogen-bond donors (Lipinski definition) is 2. The molecule has 98 valence electrons. The van der Waals surface area contributed by atoms with Crippen LogP contribution in [-0.4, -0.2) is 40.8 Å². The van der Waals surface area contributed by atoms with Crippen molar-refractivity contribution in [2.24, 2.45) is 5.41 Å². The quantitative estimate of drug-likeness (QED) is 0.841. The molecule has 0 atom stereocenters. The maximum atomic E-state index is 11.0. The molecule has 0 spiro atoms. The zero-order valence-corrected chi connectivity index (χ0v) is 10.3. The zero-order chi connectivity index (χ0) is 13.0. The first-order chi connectivity index (χ1) is 8.61. The summed E-state index contributed by atoms with van der Waals surface area (Å²) in [6.07, 6.45) is 4.59. The number of nitrogens with zero attached hydrogens (tertiary/aromatic N) is 2. The molecule has 1 aliphatic rings. The number of hydrogen-bond acceptors (Lipinski definition) is 5. The summed E-state index contributed by atoms with van der Waals surface area (Å²) in [5, 5.41) is 12.1. The Hall–Kier alpha value is -1.69. The largest absolute Gasteiger partial charge is 0.477 e. The van der Waals surface area contributed by atoms with Crippen LogP contribution in [0.25, 0.3) is 0 Å². The molecular weight excluding hydrogens is 234 g/mol. The second kappa shape index (κ2) is 5.30. The fourth-order valence-corrected chi connectivity index (χ4v) is 1.97. The Balaban J connectivity index is 2.03. The van der Waals surface area contributed by atoms with Crippen molar-refractivity contribution in [1.82, 2.24) is 9.97 Å². The second-order valence-electron chi connectivity index (χ2n) is 4.87. The summed E-state index contributed by atoms with van der Waals surface area (Å²) >= 11 is 0. The molecule has 1 fully saturated rings. The Morgan fingerprint density at radius 3 is 2.94 bits per heavy atom. The van der Waals surface area contributed by atoms with Gasteiger partial charge in [0.2, 0.25) is 0 Å². The number of ether oxygens (including phenoxy) is 1. The van der Waals surface area contributed by atoms with Gasteiger partial charge in [0, 0.05) is 26.0 Å². The third-order valence-corrected chi connectivity index (χ3v) is 3.33. The number of carbonyl (C=O) groups is 1. The molecule has 6 nitrogen and oxygen atoms in total. The normalized spacial score (nSPS) is 18.3. The minimum absolute atomic E-state index is 0.105. The first-order valence-corrected chi connectivity index (χ1v) is 5.96. The van der Waals surface area contributed by atoms with Crippen LogP contribution < -0.4 is 5.32 Å². The van der Waals surface area contributed by atoms with Crippen LogP contribution in [0, 0.1) is 5.41 Å². The van der Waals surface area contributed by atoms with Crippen molar-refractivity contribution in [3.05, 3.63) is 18.1 Å². The van der Waals surface area contributed by atoms with E-state index in [4.69, 9.17) is 9.84 Å². The van der Waals surface area contributed by atoms with Crippen LogP contribution in [0.1, 0.15) is 30.1 Å². The molecule has 0 amide bonds. The maximum Gasteiger partial charge on any atom is 0.341 e. The predicted octanol–water partition coefficient (Wildman–Crippen LogP) is 1.40. The van der Waals surface area contributed by atoms with Crippen molar-refractivity contribution >= 4 is 11.8 Å². The minimum atomic E-state index is -1.02. The summed E-state index contributed by atoms with van der Waals surface area (Å²) < 4.78 is 5.33. The lowest BCUT2D eigenvalue weighted by Gasteiger charge is -2.33. The number of rotatable bonds is 4. The molecular formula is C12H17N3O3. The summed E-state index contributed by atoms with van der Waals surface area (Å²) in [6.45, 7) is 4.37. The Morgan fingerprint density at radius 2 is 2.28 bits per heavy atom. The number of anilines is 1. The monoisotopic (exact) mass is 251 g/mol. The zero-order valence-electron chi connectivity index (χ0n) is 10.3. The molecule has 1 saturated heterocycles. The van der Waals surface area contributed by atoms with E-state index in [9.17, 15) is 4.79 Å². The highest BCUT2D eigenvalue weighted by atomic mass is 16.5. The van der Waals surface area contributed by atoms with Crippen molar-refractivity contribution in [3.63, 3.8) is 0 Å². The van der Waals surface area contributed by atoms with Crippen molar-refractivity contribution in [1.29, 1.82) is 0 Å². The molecule has 1 aliphatic heterocycles. The van der Waals surface area contributed by atoms with Crippen molar-refractivity contribution in [2.75, 3.05) is 25.1 Å². The molecule has 18 heavy (non-hydrogen) atoms. The molecule has 2 rings (SSSR count). The molecule has 2 heterocycles. The number of carboxylic acids is 1. The van der Waals surface area contributed by atoms with E-state index in [1.54, 1.807) is 0 Å². The van der Waals surface area contributed by atoms with E-state index in [1.807, 2.05) is 0 Å². The lowest BCUT2D eigenvalue weighted by Crippen LogP contribution is -2.33. The van der Waals surface area contributed by atoms with Gasteiger partial charge in [-0.1, -0.05) is 6.92 Å². The summed E-state index contributed by atoms with van der Waals surface area (Å²) in [6, 6.07) is 0. The molecule has 1 aromatic heterocycles. The summed E-state index contributed by atoms with van der Waals surface area (Å²) in [5.41, 5.74) is 0.229. The fourth-order valence-electron chi connectivity index (χ4n) is 1.97. The van der Waals surface area contributed by atoms with E-state index < -0.39 is 5.97 Å². The van der Waals surface area contributed by atoms with Gasteiger partial charge in [-0.05, 0) is 18.3 Å². The molecule has 0 aliphatic carbocycles. The Kier molecular flexibility index (Phi) is 3.76. The molecule has 6 heteroatoms. The van der Waals surface area contributed by atoms with Crippen LogP contribution in [0.5, 0.6) is 0 Å². The summed E-state index contributed by atoms with van der Waals surface area (Å²) in [5.74, 6) is -0.638. The standard InChI is InChI=1S/C12H17N3O3/c1-12(2-4-18-5-3-12)7-14-10-9(11(16)17)6-13-8-15-10/h6,8H,2-5,7H2,1H3,(H,16,17)(H,13,14,15). The molecule has 0 saturated carbocycles. The van der Waals surface area contributed by atoms with Gasteiger partial charge in [0.15, 0.2) is 0 Å². The average Bonchev–Trinajstić information content (AvgIpc) is 2.38. The average molecular weight is 251 g/mol. The number of aromatic carboxylic acids is 1. The lowest BCUT2D eigenvalue weighted by atomic mass is 9.82. The number of aromatic nitrogens is 2. The van der Waals surface area contributed by atoms with Crippen molar-refractivity contribution in [3.8, 4) is 0 Å². The number of nitrogens with one attached hydrogen (secondary N) is 1. The van der Waals surface area contributed by atoms with Gasteiger partial charge in [-0.25, -0.2) is 14.8 Å². The van der Waals surface area contributed by atoms with Gasteiger partial charge in [-0.3, -0.25) is 0 Å². The third kappa shape index (κ3) is 2.95. The van der Waals surface area contributed by atoms with Gasteiger partial charge in [0.1, 0.15) is 17.7 Å². The van der Waals surface area contributed by atoms with Crippen LogP contribution in [0.4, 0.5) is 5.82 Å². The molecule has 0 bridgehead atoms. The first-order valence-electron chi connectivity index (χ1n) is 5.96.